The zero-order valence-electron chi connectivity index (χ0n) is 15.7. The SMILES string of the molecule is O=C(C=Cc1ccc(Nc2ccccc2NC(=O)C2CCCCC2)cc1)NO. The summed E-state index contributed by atoms with van der Waals surface area (Å²) >= 11 is 0. The van der Waals surface area contributed by atoms with Crippen molar-refractivity contribution in [3.05, 3.63) is 60.2 Å². The summed E-state index contributed by atoms with van der Waals surface area (Å²) in [6.45, 7) is 0. The fourth-order valence-corrected chi connectivity index (χ4v) is 3.34. The number of amides is 2. The van der Waals surface area contributed by atoms with Crippen LogP contribution in [-0.2, 0) is 9.59 Å². The second-order valence-electron chi connectivity index (χ2n) is 6.93. The Morgan fingerprint density at radius 3 is 2.29 bits per heavy atom. The fraction of sp³-hybridized carbons (Fsp3) is 0.273. The molecule has 0 saturated heterocycles. The van der Waals surface area contributed by atoms with Gasteiger partial charge in [-0.15, -0.1) is 0 Å². The topological polar surface area (TPSA) is 90.5 Å². The fourth-order valence-electron chi connectivity index (χ4n) is 3.34. The Morgan fingerprint density at radius 1 is 0.929 bits per heavy atom. The van der Waals surface area contributed by atoms with Gasteiger partial charge in [0.2, 0.25) is 5.91 Å². The number of carbonyl (C=O) groups excluding carboxylic acids is 2. The van der Waals surface area contributed by atoms with E-state index in [1.165, 1.54) is 12.5 Å². The maximum atomic E-state index is 12.6. The monoisotopic (exact) mass is 379 g/mol. The molecule has 0 spiro atoms. The van der Waals surface area contributed by atoms with Crippen LogP contribution in [0.5, 0.6) is 0 Å². The van der Waals surface area contributed by atoms with E-state index in [2.05, 4.69) is 10.6 Å². The molecule has 1 aliphatic carbocycles. The maximum Gasteiger partial charge on any atom is 0.267 e. The molecule has 1 aliphatic rings. The highest BCUT2D eigenvalue weighted by atomic mass is 16.5. The lowest BCUT2D eigenvalue weighted by Crippen LogP contribution is -2.25. The molecule has 1 saturated carbocycles. The molecule has 0 unspecified atom stereocenters. The van der Waals surface area contributed by atoms with E-state index in [4.69, 9.17) is 5.21 Å². The first-order valence-corrected chi connectivity index (χ1v) is 9.55. The van der Waals surface area contributed by atoms with Crippen LogP contribution in [0.4, 0.5) is 17.1 Å². The normalized spacial score (nSPS) is 14.6. The van der Waals surface area contributed by atoms with Crippen molar-refractivity contribution in [1.82, 2.24) is 5.48 Å². The number of hydrogen-bond donors (Lipinski definition) is 4. The van der Waals surface area contributed by atoms with Crippen LogP contribution >= 0.6 is 0 Å². The summed E-state index contributed by atoms with van der Waals surface area (Å²) in [5.41, 5.74) is 4.84. The van der Waals surface area contributed by atoms with Gasteiger partial charge in [0.05, 0.1) is 11.4 Å². The summed E-state index contributed by atoms with van der Waals surface area (Å²) in [6.07, 6.45) is 8.25. The van der Waals surface area contributed by atoms with Crippen molar-refractivity contribution in [3.8, 4) is 0 Å². The van der Waals surface area contributed by atoms with Crippen LogP contribution in [0.2, 0.25) is 0 Å². The minimum atomic E-state index is -0.579. The molecule has 2 aromatic rings. The Balaban J connectivity index is 1.66. The Morgan fingerprint density at radius 2 is 1.61 bits per heavy atom. The van der Waals surface area contributed by atoms with Crippen molar-refractivity contribution in [2.24, 2.45) is 5.92 Å². The van der Waals surface area contributed by atoms with Crippen LogP contribution in [0, 0.1) is 5.92 Å². The van der Waals surface area contributed by atoms with E-state index in [9.17, 15) is 9.59 Å². The Labute approximate surface area is 164 Å². The number of rotatable bonds is 6. The van der Waals surface area contributed by atoms with E-state index in [1.807, 2.05) is 48.5 Å². The first-order valence-electron chi connectivity index (χ1n) is 9.55. The van der Waals surface area contributed by atoms with Crippen molar-refractivity contribution < 1.29 is 14.8 Å². The lowest BCUT2D eigenvalue weighted by molar-refractivity contribution is -0.124. The predicted molar refractivity (Wildman–Crippen MR) is 110 cm³/mol. The molecule has 3 rings (SSSR count). The van der Waals surface area contributed by atoms with Crippen LogP contribution < -0.4 is 16.1 Å². The first kappa shape index (κ1) is 19.6. The van der Waals surface area contributed by atoms with Gasteiger partial charge in [-0.2, -0.15) is 0 Å². The molecule has 0 aliphatic heterocycles. The highest BCUT2D eigenvalue weighted by molar-refractivity contribution is 5.96. The molecule has 0 radical (unpaired) electrons. The molecule has 0 aromatic heterocycles. The molecular formula is C22H25N3O3. The second-order valence-corrected chi connectivity index (χ2v) is 6.93. The van der Waals surface area contributed by atoms with Gasteiger partial charge in [0, 0.05) is 17.7 Å². The quantitative estimate of drug-likeness (QED) is 0.339. The molecule has 2 aromatic carbocycles. The summed E-state index contributed by atoms with van der Waals surface area (Å²) in [5.74, 6) is -0.384. The lowest BCUT2D eigenvalue weighted by atomic mass is 9.88. The van der Waals surface area contributed by atoms with Crippen LogP contribution in [-0.4, -0.2) is 17.0 Å². The Kier molecular flexibility index (Phi) is 6.81. The molecule has 4 N–H and O–H groups in total. The standard InChI is InChI=1S/C22H25N3O3/c26-21(25-28)15-12-16-10-13-18(14-11-16)23-19-8-4-5-9-20(19)24-22(27)17-6-2-1-3-7-17/h4-5,8-15,17,23,28H,1-3,6-7H2,(H,24,27)(H,25,26). The number of benzene rings is 2. The summed E-state index contributed by atoms with van der Waals surface area (Å²) in [5, 5.41) is 14.9. The molecule has 0 bridgehead atoms. The first-order chi connectivity index (χ1) is 13.7. The number of carbonyl (C=O) groups is 2. The Hall–Kier alpha value is -3.12. The van der Waals surface area contributed by atoms with Gasteiger partial charge in [-0.3, -0.25) is 14.8 Å². The van der Waals surface area contributed by atoms with Crippen molar-refractivity contribution in [1.29, 1.82) is 0 Å². The predicted octanol–water partition coefficient (Wildman–Crippen LogP) is 4.47. The maximum absolute atomic E-state index is 12.6. The number of para-hydroxylation sites is 2. The van der Waals surface area contributed by atoms with E-state index < -0.39 is 5.91 Å². The smallest absolute Gasteiger partial charge is 0.267 e. The molecule has 6 nitrogen and oxygen atoms in total. The van der Waals surface area contributed by atoms with Gasteiger partial charge in [0.25, 0.3) is 5.91 Å². The molecule has 1 fully saturated rings. The van der Waals surface area contributed by atoms with Gasteiger partial charge >= 0.3 is 0 Å². The minimum Gasteiger partial charge on any atom is -0.354 e. The summed E-state index contributed by atoms with van der Waals surface area (Å²) in [4.78, 5) is 23.6. The van der Waals surface area contributed by atoms with Crippen LogP contribution in [0.25, 0.3) is 6.08 Å². The van der Waals surface area contributed by atoms with E-state index >= 15 is 0 Å². The third kappa shape index (κ3) is 5.44. The zero-order valence-corrected chi connectivity index (χ0v) is 15.7. The van der Waals surface area contributed by atoms with Gasteiger partial charge in [-0.05, 0) is 48.7 Å². The number of hydrogen-bond acceptors (Lipinski definition) is 4. The summed E-state index contributed by atoms with van der Waals surface area (Å²) in [6, 6.07) is 15.1. The van der Waals surface area contributed by atoms with Gasteiger partial charge < -0.3 is 10.6 Å². The van der Waals surface area contributed by atoms with Crippen molar-refractivity contribution >= 4 is 35.0 Å². The molecule has 0 atom stereocenters. The lowest BCUT2D eigenvalue weighted by Gasteiger charge is -2.21. The molecule has 6 heteroatoms. The number of nitrogens with one attached hydrogen (secondary N) is 3. The van der Waals surface area contributed by atoms with Gasteiger partial charge in [-0.1, -0.05) is 43.5 Å². The molecule has 2 amide bonds. The van der Waals surface area contributed by atoms with E-state index in [0.717, 1.165) is 48.3 Å². The highest BCUT2D eigenvalue weighted by Gasteiger charge is 2.21. The van der Waals surface area contributed by atoms with Gasteiger partial charge in [0.15, 0.2) is 0 Å². The Bertz CT molecular complexity index is 840. The highest BCUT2D eigenvalue weighted by Crippen LogP contribution is 2.29. The van der Waals surface area contributed by atoms with E-state index in [1.54, 1.807) is 11.6 Å². The minimum absolute atomic E-state index is 0.0941. The van der Waals surface area contributed by atoms with Crippen LogP contribution in [0.3, 0.4) is 0 Å². The second kappa shape index (κ2) is 9.71. The average Bonchev–Trinajstić information content (AvgIpc) is 2.75. The van der Waals surface area contributed by atoms with Crippen LogP contribution in [0.15, 0.2) is 54.6 Å². The van der Waals surface area contributed by atoms with E-state index in [-0.39, 0.29) is 11.8 Å². The molecule has 0 heterocycles. The molecule has 146 valence electrons. The number of anilines is 3. The van der Waals surface area contributed by atoms with Crippen molar-refractivity contribution in [3.63, 3.8) is 0 Å². The third-order valence-corrected chi connectivity index (χ3v) is 4.89. The largest absolute Gasteiger partial charge is 0.354 e. The molecule has 28 heavy (non-hydrogen) atoms. The van der Waals surface area contributed by atoms with Crippen molar-refractivity contribution in [2.45, 2.75) is 32.1 Å². The zero-order chi connectivity index (χ0) is 19.8. The average molecular weight is 379 g/mol. The number of hydroxylamine groups is 1. The summed E-state index contributed by atoms with van der Waals surface area (Å²) < 4.78 is 0. The third-order valence-electron chi connectivity index (χ3n) is 4.89. The molecular weight excluding hydrogens is 354 g/mol. The van der Waals surface area contributed by atoms with E-state index in [0.29, 0.717) is 0 Å². The summed E-state index contributed by atoms with van der Waals surface area (Å²) in [7, 11) is 0. The van der Waals surface area contributed by atoms with Gasteiger partial charge in [0.1, 0.15) is 0 Å². The van der Waals surface area contributed by atoms with Gasteiger partial charge in [-0.25, -0.2) is 5.48 Å². The van der Waals surface area contributed by atoms with Crippen molar-refractivity contribution in [2.75, 3.05) is 10.6 Å². The van der Waals surface area contributed by atoms with Crippen LogP contribution in [0.1, 0.15) is 37.7 Å².